The summed E-state index contributed by atoms with van der Waals surface area (Å²) in [5.41, 5.74) is 9.72. The van der Waals surface area contributed by atoms with Crippen molar-refractivity contribution in [2.24, 2.45) is 0 Å². The summed E-state index contributed by atoms with van der Waals surface area (Å²) in [6, 6.07) is 22.2. The van der Waals surface area contributed by atoms with E-state index in [1.54, 1.807) is 0 Å². The highest BCUT2D eigenvalue weighted by Crippen LogP contribution is 2.39. The smallest absolute Gasteiger partial charge is 0.115 e. The molecule has 0 spiro atoms. The second kappa shape index (κ2) is 11.6. The van der Waals surface area contributed by atoms with Crippen LogP contribution in [0.25, 0.3) is 0 Å². The van der Waals surface area contributed by atoms with Gasteiger partial charge in [-0.15, -0.1) is 0 Å². The first-order chi connectivity index (χ1) is 16.6. The van der Waals surface area contributed by atoms with E-state index in [1.807, 2.05) is 12.1 Å². The van der Waals surface area contributed by atoms with Crippen LogP contribution in [0.1, 0.15) is 66.5 Å². The third-order valence-corrected chi connectivity index (χ3v) is 7.32. The molecule has 3 aromatic rings. The molecule has 0 amide bonds. The SMILES string of the molecule is CCNCCc1ccc(CN(CC)c2cc(CC)ccc2[C@@H]2CCc3cc(O)ccc3C2)cc1. The van der Waals surface area contributed by atoms with Gasteiger partial charge in [0.25, 0.3) is 0 Å². The number of fused-ring (bicyclic) bond motifs is 1. The number of nitrogens with one attached hydrogen (secondary N) is 1. The molecule has 2 N–H and O–H groups in total. The minimum absolute atomic E-state index is 0.384. The summed E-state index contributed by atoms with van der Waals surface area (Å²) < 4.78 is 0. The number of aromatic hydroxyl groups is 1. The molecule has 3 heteroatoms. The molecule has 0 fully saturated rings. The monoisotopic (exact) mass is 456 g/mol. The predicted octanol–water partition coefficient (Wildman–Crippen LogP) is 6.41. The first-order valence-electron chi connectivity index (χ1n) is 13.1. The second-order valence-corrected chi connectivity index (χ2v) is 9.57. The van der Waals surface area contributed by atoms with E-state index in [0.29, 0.717) is 11.7 Å². The maximum absolute atomic E-state index is 9.88. The zero-order chi connectivity index (χ0) is 23.9. The lowest BCUT2D eigenvalue weighted by molar-refractivity contribution is 0.472. The number of anilines is 1. The van der Waals surface area contributed by atoms with Crippen molar-refractivity contribution < 1.29 is 5.11 Å². The number of likely N-dealkylation sites (N-methyl/N-ethyl adjacent to an activating group) is 1. The zero-order valence-electron chi connectivity index (χ0n) is 21.1. The molecule has 1 atom stereocenters. The van der Waals surface area contributed by atoms with Gasteiger partial charge in [0.05, 0.1) is 0 Å². The number of benzene rings is 3. The van der Waals surface area contributed by atoms with E-state index >= 15 is 0 Å². The number of aryl methyl sites for hydroxylation is 2. The van der Waals surface area contributed by atoms with Crippen LogP contribution in [0, 0.1) is 0 Å². The van der Waals surface area contributed by atoms with Crippen molar-refractivity contribution in [1.82, 2.24) is 5.32 Å². The Morgan fingerprint density at radius 3 is 2.38 bits per heavy atom. The second-order valence-electron chi connectivity index (χ2n) is 9.57. The summed E-state index contributed by atoms with van der Waals surface area (Å²) in [6.45, 7) is 10.6. The summed E-state index contributed by atoms with van der Waals surface area (Å²) in [7, 11) is 0. The average molecular weight is 457 g/mol. The van der Waals surface area contributed by atoms with Gasteiger partial charge < -0.3 is 15.3 Å². The first kappa shape index (κ1) is 24.3. The van der Waals surface area contributed by atoms with Gasteiger partial charge in [0.15, 0.2) is 0 Å². The fourth-order valence-electron chi connectivity index (χ4n) is 5.24. The van der Waals surface area contributed by atoms with E-state index in [-0.39, 0.29) is 0 Å². The van der Waals surface area contributed by atoms with Gasteiger partial charge in [0, 0.05) is 18.8 Å². The standard InChI is InChI=1S/C31H40N2O/c1-4-23-11-16-30(28-13-12-27-21-29(34)15-14-26(27)20-28)31(19-23)33(6-3)22-25-9-7-24(8-10-25)17-18-32-5-2/h7-11,14-16,19,21,28,32,34H,4-6,12-13,17-18,20,22H2,1-3H3/t28-/m1/s1. The Morgan fingerprint density at radius 2 is 1.65 bits per heavy atom. The molecule has 180 valence electrons. The zero-order valence-corrected chi connectivity index (χ0v) is 21.1. The van der Waals surface area contributed by atoms with Crippen LogP contribution in [0.15, 0.2) is 60.7 Å². The van der Waals surface area contributed by atoms with Crippen molar-refractivity contribution in [2.75, 3.05) is 24.5 Å². The van der Waals surface area contributed by atoms with Crippen LogP contribution in [0.2, 0.25) is 0 Å². The molecule has 0 saturated carbocycles. The third-order valence-electron chi connectivity index (χ3n) is 7.32. The Hall–Kier alpha value is -2.78. The molecule has 34 heavy (non-hydrogen) atoms. The highest BCUT2D eigenvalue weighted by molar-refractivity contribution is 5.58. The van der Waals surface area contributed by atoms with Crippen LogP contribution in [0.4, 0.5) is 5.69 Å². The minimum atomic E-state index is 0.384. The lowest BCUT2D eigenvalue weighted by Gasteiger charge is -2.32. The molecule has 0 heterocycles. The lowest BCUT2D eigenvalue weighted by atomic mass is 9.79. The first-order valence-corrected chi connectivity index (χ1v) is 13.1. The number of hydrogen-bond donors (Lipinski definition) is 2. The number of phenolic OH excluding ortho intramolecular Hbond substituents is 1. The van der Waals surface area contributed by atoms with Crippen LogP contribution < -0.4 is 10.2 Å². The predicted molar refractivity (Wildman–Crippen MR) is 144 cm³/mol. The quantitative estimate of drug-likeness (QED) is 0.346. The third kappa shape index (κ3) is 5.82. The fraction of sp³-hybridized carbons (Fsp3) is 0.419. The van der Waals surface area contributed by atoms with E-state index < -0.39 is 0 Å². The van der Waals surface area contributed by atoms with Gasteiger partial charge >= 0.3 is 0 Å². The molecule has 0 bridgehead atoms. The van der Waals surface area contributed by atoms with E-state index in [2.05, 4.69) is 79.5 Å². The molecule has 3 aromatic carbocycles. The van der Waals surface area contributed by atoms with Gasteiger partial charge in [0.2, 0.25) is 0 Å². The van der Waals surface area contributed by atoms with Crippen LogP contribution in [0.5, 0.6) is 5.75 Å². The normalized spacial score (nSPS) is 15.2. The Kier molecular flexibility index (Phi) is 8.29. The Labute approximate surface area is 205 Å². The lowest BCUT2D eigenvalue weighted by Crippen LogP contribution is -2.25. The molecule has 0 radical (unpaired) electrons. The number of phenols is 1. The largest absolute Gasteiger partial charge is 0.508 e. The van der Waals surface area contributed by atoms with Crippen LogP contribution >= 0.6 is 0 Å². The minimum Gasteiger partial charge on any atom is -0.508 e. The fourth-order valence-corrected chi connectivity index (χ4v) is 5.24. The van der Waals surface area contributed by atoms with E-state index in [4.69, 9.17) is 0 Å². The highest BCUT2D eigenvalue weighted by atomic mass is 16.3. The molecule has 1 aliphatic carbocycles. The number of hydrogen-bond acceptors (Lipinski definition) is 3. The van der Waals surface area contributed by atoms with Crippen molar-refractivity contribution in [2.45, 2.75) is 65.3 Å². The topological polar surface area (TPSA) is 35.5 Å². The van der Waals surface area contributed by atoms with Crippen molar-refractivity contribution in [1.29, 1.82) is 0 Å². The molecule has 0 saturated heterocycles. The van der Waals surface area contributed by atoms with Gasteiger partial charge in [-0.25, -0.2) is 0 Å². The van der Waals surface area contributed by atoms with Crippen molar-refractivity contribution in [3.05, 3.63) is 94.0 Å². The molecule has 3 nitrogen and oxygen atoms in total. The summed E-state index contributed by atoms with van der Waals surface area (Å²) in [4.78, 5) is 2.55. The molecule has 0 aromatic heterocycles. The molecule has 1 aliphatic rings. The Bertz CT molecular complexity index is 1070. The molecule has 0 aliphatic heterocycles. The Morgan fingerprint density at radius 1 is 0.882 bits per heavy atom. The highest BCUT2D eigenvalue weighted by Gasteiger charge is 2.24. The maximum atomic E-state index is 9.88. The van der Waals surface area contributed by atoms with Gasteiger partial charge in [-0.2, -0.15) is 0 Å². The van der Waals surface area contributed by atoms with E-state index in [9.17, 15) is 5.11 Å². The molecular formula is C31H40N2O. The Balaban J connectivity index is 1.56. The van der Waals surface area contributed by atoms with Crippen molar-refractivity contribution in [3.63, 3.8) is 0 Å². The molecule has 4 rings (SSSR count). The molecule has 0 unspecified atom stereocenters. The van der Waals surface area contributed by atoms with E-state index in [1.165, 1.54) is 39.1 Å². The van der Waals surface area contributed by atoms with Crippen LogP contribution in [0.3, 0.4) is 0 Å². The average Bonchev–Trinajstić information content (AvgIpc) is 2.87. The van der Waals surface area contributed by atoms with Gasteiger partial charge in [-0.1, -0.05) is 56.3 Å². The van der Waals surface area contributed by atoms with Crippen LogP contribution in [-0.4, -0.2) is 24.7 Å². The molecular weight excluding hydrogens is 416 g/mol. The number of nitrogens with zero attached hydrogens (tertiary/aromatic N) is 1. The van der Waals surface area contributed by atoms with Crippen molar-refractivity contribution >= 4 is 5.69 Å². The van der Waals surface area contributed by atoms with E-state index in [0.717, 1.165) is 58.3 Å². The van der Waals surface area contributed by atoms with Gasteiger partial charge in [-0.3, -0.25) is 0 Å². The van der Waals surface area contributed by atoms with Crippen molar-refractivity contribution in [3.8, 4) is 5.75 Å². The van der Waals surface area contributed by atoms with Gasteiger partial charge in [0.1, 0.15) is 5.75 Å². The number of rotatable bonds is 10. The summed E-state index contributed by atoms with van der Waals surface area (Å²) >= 11 is 0. The summed E-state index contributed by atoms with van der Waals surface area (Å²) in [6.07, 6.45) is 5.34. The summed E-state index contributed by atoms with van der Waals surface area (Å²) in [5, 5.41) is 13.3. The van der Waals surface area contributed by atoms with Gasteiger partial charge in [-0.05, 0) is 110 Å². The van der Waals surface area contributed by atoms with Crippen LogP contribution in [-0.2, 0) is 32.2 Å². The maximum Gasteiger partial charge on any atom is 0.115 e. The summed E-state index contributed by atoms with van der Waals surface area (Å²) in [5.74, 6) is 0.899.